The molecule has 0 saturated heterocycles. The van der Waals surface area contributed by atoms with Gasteiger partial charge in [-0.15, -0.1) is 0 Å². The first-order valence-corrected chi connectivity index (χ1v) is 5.59. The first-order valence-electron chi connectivity index (χ1n) is 5.59. The van der Waals surface area contributed by atoms with Crippen LogP contribution in [0.15, 0.2) is 52.2 Å². The molecule has 2 aromatic rings. The number of aromatic nitrogens is 2. The number of nitrogens with zero attached hydrogens (tertiary/aromatic N) is 1. The standard InChI is InChI=1S/C13H14N2O2/c16-12-8-10-15(13(17)14-12)9-4-7-11-5-2-1-3-6-11/h1-3,5-6,8,10H,4,7,9H2,(H,14,16,17). The van der Waals surface area contributed by atoms with Crippen molar-refractivity contribution in [2.75, 3.05) is 0 Å². The van der Waals surface area contributed by atoms with Crippen molar-refractivity contribution in [3.63, 3.8) is 0 Å². The van der Waals surface area contributed by atoms with E-state index in [2.05, 4.69) is 17.1 Å². The first-order chi connectivity index (χ1) is 8.25. The topological polar surface area (TPSA) is 54.9 Å². The molecular weight excluding hydrogens is 216 g/mol. The molecule has 0 aliphatic heterocycles. The number of benzene rings is 1. The number of rotatable bonds is 4. The highest BCUT2D eigenvalue weighted by Gasteiger charge is 1.97. The Balaban J connectivity index is 1.95. The summed E-state index contributed by atoms with van der Waals surface area (Å²) in [5.74, 6) is 0. The molecule has 4 nitrogen and oxygen atoms in total. The van der Waals surface area contributed by atoms with Crippen LogP contribution in [0.25, 0.3) is 0 Å². The van der Waals surface area contributed by atoms with E-state index in [1.807, 2.05) is 18.2 Å². The molecule has 17 heavy (non-hydrogen) atoms. The Morgan fingerprint density at radius 1 is 1.06 bits per heavy atom. The maximum absolute atomic E-state index is 11.4. The van der Waals surface area contributed by atoms with Crippen molar-refractivity contribution in [1.82, 2.24) is 9.55 Å². The lowest BCUT2D eigenvalue weighted by Gasteiger charge is -2.04. The summed E-state index contributed by atoms with van der Waals surface area (Å²) in [5, 5.41) is 0. The number of aryl methyl sites for hydroxylation is 2. The van der Waals surface area contributed by atoms with Gasteiger partial charge in [0.25, 0.3) is 5.56 Å². The first kappa shape index (κ1) is 11.4. The fourth-order valence-electron chi connectivity index (χ4n) is 1.72. The minimum Gasteiger partial charge on any atom is -0.301 e. The van der Waals surface area contributed by atoms with Crippen LogP contribution in [0.2, 0.25) is 0 Å². The molecule has 1 aromatic carbocycles. The van der Waals surface area contributed by atoms with E-state index in [9.17, 15) is 9.59 Å². The summed E-state index contributed by atoms with van der Waals surface area (Å²) in [5.41, 5.74) is 0.560. The summed E-state index contributed by atoms with van der Waals surface area (Å²) < 4.78 is 1.52. The molecule has 0 spiro atoms. The summed E-state index contributed by atoms with van der Waals surface area (Å²) in [4.78, 5) is 24.5. The van der Waals surface area contributed by atoms with Crippen molar-refractivity contribution in [3.8, 4) is 0 Å². The molecule has 0 radical (unpaired) electrons. The summed E-state index contributed by atoms with van der Waals surface area (Å²) >= 11 is 0. The van der Waals surface area contributed by atoms with Crippen LogP contribution in [0.3, 0.4) is 0 Å². The second-order valence-electron chi connectivity index (χ2n) is 3.89. The third kappa shape index (κ3) is 3.17. The second-order valence-corrected chi connectivity index (χ2v) is 3.89. The van der Waals surface area contributed by atoms with Crippen molar-refractivity contribution in [2.24, 2.45) is 0 Å². The van der Waals surface area contributed by atoms with Crippen LogP contribution >= 0.6 is 0 Å². The summed E-state index contributed by atoms with van der Waals surface area (Å²) in [6, 6.07) is 11.5. The van der Waals surface area contributed by atoms with Gasteiger partial charge in [-0.05, 0) is 18.4 Å². The Bertz CT molecular complexity index is 584. The molecule has 0 fully saturated rings. The van der Waals surface area contributed by atoms with Crippen molar-refractivity contribution in [2.45, 2.75) is 19.4 Å². The van der Waals surface area contributed by atoms with Gasteiger partial charge in [-0.1, -0.05) is 30.3 Å². The molecule has 1 aromatic heterocycles. The monoisotopic (exact) mass is 230 g/mol. The van der Waals surface area contributed by atoms with Crippen molar-refractivity contribution >= 4 is 0 Å². The van der Waals surface area contributed by atoms with Crippen LogP contribution in [-0.2, 0) is 13.0 Å². The van der Waals surface area contributed by atoms with Crippen LogP contribution in [0, 0.1) is 0 Å². The van der Waals surface area contributed by atoms with E-state index in [0.717, 1.165) is 12.8 Å². The van der Waals surface area contributed by atoms with E-state index in [-0.39, 0.29) is 11.2 Å². The largest absolute Gasteiger partial charge is 0.328 e. The van der Waals surface area contributed by atoms with E-state index < -0.39 is 0 Å². The molecule has 0 bridgehead atoms. The van der Waals surface area contributed by atoms with Gasteiger partial charge >= 0.3 is 5.69 Å². The lowest BCUT2D eigenvalue weighted by atomic mass is 10.1. The zero-order valence-corrected chi connectivity index (χ0v) is 9.43. The van der Waals surface area contributed by atoms with Crippen molar-refractivity contribution in [1.29, 1.82) is 0 Å². The average Bonchev–Trinajstić information content (AvgIpc) is 2.33. The molecule has 0 aliphatic rings. The fourth-order valence-corrected chi connectivity index (χ4v) is 1.72. The van der Waals surface area contributed by atoms with Crippen LogP contribution in [0.1, 0.15) is 12.0 Å². The lowest BCUT2D eigenvalue weighted by Crippen LogP contribution is -2.28. The highest BCUT2D eigenvalue weighted by atomic mass is 16.2. The SMILES string of the molecule is O=c1ccn(CCCc2ccccc2)c(=O)[nH]1. The highest BCUT2D eigenvalue weighted by Crippen LogP contribution is 2.02. The van der Waals surface area contributed by atoms with E-state index >= 15 is 0 Å². The molecule has 1 N–H and O–H groups in total. The average molecular weight is 230 g/mol. The zero-order valence-electron chi connectivity index (χ0n) is 9.43. The van der Waals surface area contributed by atoms with Crippen LogP contribution in [0.5, 0.6) is 0 Å². The normalized spacial score (nSPS) is 10.4. The van der Waals surface area contributed by atoms with Gasteiger partial charge < -0.3 is 4.57 Å². The molecule has 0 amide bonds. The minimum absolute atomic E-state index is 0.342. The van der Waals surface area contributed by atoms with Crippen molar-refractivity contribution < 1.29 is 0 Å². The molecule has 0 atom stereocenters. The number of hydrogen-bond acceptors (Lipinski definition) is 2. The van der Waals surface area contributed by atoms with Gasteiger partial charge in [0.05, 0.1) is 0 Å². The highest BCUT2D eigenvalue weighted by molar-refractivity contribution is 5.14. The molecule has 0 aliphatic carbocycles. The Kier molecular flexibility index (Phi) is 3.55. The number of nitrogens with one attached hydrogen (secondary N) is 1. The fraction of sp³-hybridized carbons (Fsp3) is 0.231. The third-order valence-electron chi connectivity index (χ3n) is 2.60. The third-order valence-corrected chi connectivity index (χ3v) is 2.60. The van der Waals surface area contributed by atoms with Crippen LogP contribution < -0.4 is 11.2 Å². The smallest absolute Gasteiger partial charge is 0.301 e. The van der Waals surface area contributed by atoms with E-state index in [1.54, 1.807) is 0 Å². The summed E-state index contributed by atoms with van der Waals surface area (Å²) in [6.45, 7) is 0.616. The molecule has 88 valence electrons. The predicted molar refractivity (Wildman–Crippen MR) is 66.1 cm³/mol. The predicted octanol–water partition coefficient (Wildman–Crippen LogP) is 1.17. The van der Waals surface area contributed by atoms with E-state index in [4.69, 9.17) is 0 Å². The lowest BCUT2D eigenvalue weighted by molar-refractivity contribution is 0.605. The second kappa shape index (κ2) is 5.30. The minimum atomic E-state index is -0.352. The van der Waals surface area contributed by atoms with Gasteiger partial charge in [0, 0.05) is 18.8 Å². The van der Waals surface area contributed by atoms with Gasteiger partial charge in [0.2, 0.25) is 0 Å². The number of hydrogen-bond donors (Lipinski definition) is 1. The maximum Gasteiger partial charge on any atom is 0.328 e. The molecule has 0 saturated carbocycles. The van der Waals surface area contributed by atoms with Crippen LogP contribution in [-0.4, -0.2) is 9.55 Å². The maximum atomic E-state index is 11.4. The van der Waals surface area contributed by atoms with Gasteiger partial charge in [0.1, 0.15) is 0 Å². The van der Waals surface area contributed by atoms with Crippen LogP contribution in [0.4, 0.5) is 0 Å². The quantitative estimate of drug-likeness (QED) is 0.857. The Hall–Kier alpha value is -2.10. The molecule has 4 heteroatoms. The molecule has 1 heterocycles. The van der Waals surface area contributed by atoms with Gasteiger partial charge in [-0.3, -0.25) is 9.78 Å². The Morgan fingerprint density at radius 2 is 1.82 bits per heavy atom. The van der Waals surface area contributed by atoms with Gasteiger partial charge in [-0.25, -0.2) is 4.79 Å². The van der Waals surface area contributed by atoms with E-state index in [0.29, 0.717) is 6.54 Å². The van der Waals surface area contributed by atoms with Gasteiger partial charge in [-0.2, -0.15) is 0 Å². The summed E-state index contributed by atoms with van der Waals surface area (Å²) in [6.07, 6.45) is 3.33. The number of H-pyrrole nitrogens is 1. The molecule has 2 rings (SSSR count). The zero-order chi connectivity index (χ0) is 12.1. The van der Waals surface area contributed by atoms with Gasteiger partial charge in [0.15, 0.2) is 0 Å². The molecular formula is C13H14N2O2. The Morgan fingerprint density at radius 3 is 2.53 bits per heavy atom. The molecule has 0 unspecified atom stereocenters. The summed E-state index contributed by atoms with van der Waals surface area (Å²) in [7, 11) is 0. The number of aromatic amines is 1. The van der Waals surface area contributed by atoms with E-state index in [1.165, 1.54) is 22.4 Å². The Labute approximate surface area is 98.6 Å². The van der Waals surface area contributed by atoms with Crippen molar-refractivity contribution in [3.05, 3.63) is 69.0 Å².